The van der Waals surface area contributed by atoms with Gasteiger partial charge >= 0.3 is 12.2 Å². The Hall–Kier alpha value is -3.61. The van der Waals surface area contributed by atoms with Gasteiger partial charge in [0.2, 0.25) is 5.88 Å². The first-order valence-corrected chi connectivity index (χ1v) is 13.6. The second-order valence-electron chi connectivity index (χ2n) is 12.1. The van der Waals surface area contributed by atoms with Gasteiger partial charge in [-0.15, -0.1) is 0 Å². The normalized spacial score (nSPS) is 21.4. The van der Waals surface area contributed by atoms with Gasteiger partial charge < -0.3 is 9.47 Å². The van der Waals surface area contributed by atoms with Gasteiger partial charge in [0.05, 0.1) is 22.1 Å². The van der Waals surface area contributed by atoms with Gasteiger partial charge in [-0.3, -0.25) is 10.00 Å². The second kappa shape index (κ2) is 9.72. The molecule has 6 rings (SSSR count). The maximum Gasteiger partial charge on any atom is 0.417 e. The maximum atomic E-state index is 16.4. The predicted octanol–water partition coefficient (Wildman–Crippen LogP) is 6.91. The second-order valence-corrected chi connectivity index (χ2v) is 12.1. The number of ether oxygens (including phenoxy) is 2. The molecule has 0 unspecified atom stereocenters. The smallest absolute Gasteiger partial charge is 0.417 e. The van der Waals surface area contributed by atoms with Crippen LogP contribution < -0.4 is 9.47 Å². The highest BCUT2D eigenvalue weighted by Crippen LogP contribution is 2.46. The number of rotatable bonds is 5. The minimum Gasteiger partial charge on any atom is -0.471 e. The zero-order chi connectivity index (χ0) is 30.2. The Balaban J connectivity index is 1.55. The molecule has 0 saturated carbocycles. The zero-order valence-corrected chi connectivity index (χ0v) is 23.4. The minimum absolute atomic E-state index is 0.0214. The van der Waals surface area contributed by atoms with Crippen molar-refractivity contribution in [2.75, 3.05) is 19.7 Å². The van der Waals surface area contributed by atoms with Crippen LogP contribution in [-0.4, -0.2) is 62.1 Å². The first-order chi connectivity index (χ1) is 19.7. The lowest BCUT2D eigenvalue weighted by molar-refractivity contribution is -0.137. The van der Waals surface area contributed by atoms with Crippen molar-refractivity contribution in [2.24, 2.45) is 0 Å². The van der Waals surface area contributed by atoms with E-state index in [0.29, 0.717) is 6.42 Å². The van der Waals surface area contributed by atoms with Crippen LogP contribution in [0.25, 0.3) is 32.9 Å². The average Bonchev–Trinajstić information content (AvgIpc) is 3.55. The quantitative estimate of drug-likeness (QED) is 0.254. The van der Waals surface area contributed by atoms with Crippen LogP contribution in [0.3, 0.4) is 0 Å². The fourth-order valence-electron chi connectivity index (χ4n) is 6.30. The highest BCUT2D eigenvalue weighted by Gasteiger charge is 2.49. The van der Waals surface area contributed by atoms with Crippen LogP contribution in [0.15, 0.2) is 18.3 Å². The number of nitrogens with one attached hydrogen (secondary N) is 1. The van der Waals surface area contributed by atoms with Gasteiger partial charge in [0.25, 0.3) is 0 Å². The molecule has 4 heterocycles. The molecule has 0 spiro atoms. The summed E-state index contributed by atoms with van der Waals surface area (Å²) in [4.78, 5) is 10.5. The standard InChI is InChI=1S/C29H29F6N5O2/c1-14-8-15-11-36-39-23(15)20(21(14)29(33,34)35)19-18(31)9-17-24(22(19)32)37-26(38-25(17)42-27(2,3)4)41-13-28-6-5-7-40(28)12-16(30)10-28/h8-9,11,16H,5-7,10,12-13H2,1-4H3,(H,36,39)/t16-,28+/m1/s1. The van der Waals surface area contributed by atoms with E-state index in [2.05, 4.69) is 20.2 Å². The summed E-state index contributed by atoms with van der Waals surface area (Å²) in [6, 6.07) is 1.80. The molecule has 0 amide bonds. The van der Waals surface area contributed by atoms with Gasteiger partial charge in [0.15, 0.2) is 5.82 Å². The van der Waals surface area contributed by atoms with Crippen molar-refractivity contribution in [3.63, 3.8) is 0 Å². The first-order valence-electron chi connectivity index (χ1n) is 13.6. The van der Waals surface area contributed by atoms with Crippen molar-refractivity contribution in [1.29, 1.82) is 0 Å². The molecule has 2 aromatic heterocycles. The third kappa shape index (κ3) is 4.81. The molecule has 2 fully saturated rings. The van der Waals surface area contributed by atoms with E-state index in [1.54, 1.807) is 20.8 Å². The van der Waals surface area contributed by atoms with Crippen molar-refractivity contribution in [2.45, 2.75) is 70.4 Å². The number of halogens is 6. The van der Waals surface area contributed by atoms with E-state index in [-0.39, 0.29) is 53.3 Å². The van der Waals surface area contributed by atoms with Crippen molar-refractivity contribution in [3.05, 3.63) is 41.1 Å². The lowest BCUT2D eigenvalue weighted by atomic mass is 9.91. The first kappa shape index (κ1) is 28.5. The summed E-state index contributed by atoms with van der Waals surface area (Å²) in [5.74, 6) is -2.81. The molecule has 7 nitrogen and oxygen atoms in total. The minimum atomic E-state index is -4.94. The Bertz CT molecular complexity index is 1700. The number of aromatic nitrogens is 4. The molecule has 2 aliphatic heterocycles. The molecule has 4 aromatic rings. The Labute approximate surface area is 237 Å². The number of fused-ring (bicyclic) bond motifs is 3. The molecule has 2 aromatic carbocycles. The third-order valence-electron chi connectivity index (χ3n) is 7.92. The summed E-state index contributed by atoms with van der Waals surface area (Å²) in [6.45, 7) is 7.36. The van der Waals surface area contributed by atoms with Crippen molar-refractivity contribution < 1.29 is 35.8 Å². The number of aryl methyl sites for hydroxylation is 1. The molecule has 13 heteroatoms. The number of benzene rings is 2. The van der Waals surface area contributed by atoms with Crippen molar-refractivity contribution >= 4 is 21.8 Å². The molecule has 0 bridgehead atoms. The summed E-state index contributed by atoms with van der Waals surface area (Å²) in [7, 11) is 0. The van der Waals surface area contributed by atoms with Crippen molar-refractivity contribution in [3.8, 4) is 23.0 Å². The summed E-state index contributed by atoms with van der Waals surface area (Å²) in [5, 5.41) is 6.44. The van der Waals surface area contributed by atoms with Crippen LogP contribution in [-0.2, 0) is 6.18 Å². The maximum absolute atomic E-state index is 16.4. The van der Waals surface area contributed by atoms with E-state index >= 15 is 8.78 Å². The van der Waals surface area contributed by atoms with Crippen LogP contribution in [0.2, 0.25) is 0 Å². The number of alkyl halides is 4. The highest BCUT2D eigenvalue weighted by molar-refractivity contribution is 5.99. The monoisotopic (exact) mass is 593 g/mol. The van der Waals surface area contributed by atoms with E-state index in [1.165, 1.54) is 19.2 Å². The van der Waals surface area contributed by atoms with Crippen LogP contribution in [0.5, 0.6) is 11.9 Å². The van der Waals surface area contributed by atoms with E-state index in [4.69, 9.17) is 9.47 Å². The predicted molar refractivity (Wildman–Crippen MR) is 143 cm³/mol. The van der Waals surface area contributed by atoms with Gasteiger partial charge in [-0.25, -0.2) is 13.2 Å². The van der Waals surface area contributed by atoms with Gasteiger partial charge in [0, 0.05) is 30.1 Å². The lowest BCUT2D eigenvalue weighted by Gasteiger charge is -2.31. The van der Waals surface area contributed by atoms with Crippen LogP contribution in [0.4, 0.5) is 26.3 Å². The molecule has 42 heavy (non-hydrogen) atoms. The Morgan fingerprint density at radius 2 is 1.86 bits per heavy atom. The molecule has 224 valence electrons. The molecular weight excluding hydrogens is 564 g/mol. The molecule has 0 aliphatic carbocycles. The Morgan fingerprint density at radius 3 is 2.57 bits per heavy atom. The number of nitrogens with zero attached hydrogens (tertiary/aromatic N) is 4. The largest absolute Gasteiger partial charge is 0.471 e. The SMILES string of the molecule is Cc1cc2c[nH]nc2c(-c2c(F)cc3c(OC(C)(C)C)nc(OC[C@@]45CCCN4C[C@H](F)C5)nc3c2F)c1C(F)(F)F. The number of H-pyrrole nitrogens is 1. The molecule has 2 saturated heterocycles. The van der Waals surface area contributed by atoms with Gasteiger partial charge in [-0.05, 0) is 64.8 Å². The van der Waals surface area contributed by atoms with E-state index in [1.807, 2.05) is 4.90 Å². The summed E-state index contributed by atoms with van der Waals surface area (Å²) >= 11 is 0. The molecule has 2 aliphatic rings. The van der Waals surface area contributed by atoms with E-state index in [9.17, 15) is 17.6 Å². The van der Waals surface area contributed by atoms with E-state index in [0.717, 1.165) is 19.0 Å². The molecular formula is C29H29F6N5O2. The third-order valence-corrected chi connectivity index (χ3v) is 7.92. The topological polar surface area (TPSA) is 76.2 Å². The van der Waals surface area contributed by atoms with Gasteiger partial charge in [0.1, 0.15) is 35.2 Å². The van der Waals surface area contributed by atoms with Crippen molar-refractivity contribution in [1.82, 2.24) is 25.1 Å². The number of aromatic amines is 1. The Morgan fingerprint density at radius 1 is 1.10 bits per heavy atom. The van der Waals surface area contributed by atoms with E-state index < -0.39 is 57.3 Å². The van der Waals surface area contributed by atoms with Gasteiger partial charge in [-0.2, -0.15) is 28.2 Å². The highest BCUT2D eigenvalue weighted by atomic mass is 19.4. The summed E-state index contributed by atoms with van der Waals surface area (Å²) in [5.41, 5.74) is -5.26. The molecule has 0 radical (unpaired) electrons. The molecule has 1 N–H and O–H groups in total. The fraction of sp³-hybridized carbons (Fsp3) is 0.483. The lowest BCUT2D eigenvalue weighted by Crippen LogP contribution is -2.43. The zero-order valence-electron chi connectivity index (χ0n) is 23.4. The van der Waals surface area contributed by atoms with Crippen LogP contribution in [0.1, 0.15) is 51.2 Å². The summed E-state index contributed by atoms with van der Waals surface area (Å²) in [6.07, 6.45) is -2.77. The van der Waals surface area contributed by atoms with Crippen LogP contribution in [0, 0.1) is 18.6 Å². The van der Waals surface area contributed by atoms with Gasteiger partial charge in [-0.1, -0.05) is 0 Å². The fourth-order valence-corrected chi connectivity index (χ4v) is 6.30. The number of hydrogen-bond donors (Lipinski definition) is 1. The van der Waals surface area contributed by atoms with Crippen LogP contribution >= 0.6 is 0 Å². The average molecular weight is 594 g/mol. The molecule has 2 atom stereocenters. The summed E-state index contributed by atoms with van der Waals surface area (Å²) < 4.78 is 101. The number of hydrogen-bond acceptors (Lipinski definition) is 6. The Kier molecular flexibility index (Phi) is 6.59.